The number of rotatable bonds is 6. The van der Waals surface area contributed by atoms with E-state index in [-0.39, 0.29) is 29.7 Å². The zero-order chi connectivity index (χ0) is 16.9. The van der Waals surface area contributed by atoms with Crippen molar-refractivity contribution in [3.05, 3.63) is 11.6 Å². The first-order chi connectivity index (χ1) is 10.2. The monoisotopic (exact) mass is 310 g/mol. The second kappa shape index (κ2) is 8.35. The fourth-order valence-corrected chi connectivity index (χ4v) is 2.77. The molecule has 126 valence electrons. The van der Waals surface area contributed by atoms with Gasteiger partial charge in [0, 0.05) is 0 Å². The van der Waals surface area contributed by atoms with Crippen LogP contribution in [-0.4, -0.2) is 25.2 Å². The van der Waals surface area contributed by atoms with Gasteiger partial charge >= 0.3 is 11.9 Å². The smallest absolute Gasteiger partial charge is 0.310 e. The first kappa shape index (κ1) is 18.7. The van der Waals surface area contributed by atoms with Gasteiger partial charge < -0.3 is 9.47 Å². The van der Waals surface area contributed by atoms with Crippen molar-refractivity contribution >= 4 is 11.9 Å². The van der Waals surface area contributed by atoms with Gasteiger partial charge in [-0.3, -0.25) is 9.59 Å². The second-order valence-corrected chi connectivity index (χ2v) is 7.26. The van der Waals surface area contributed by atoms with Gasteiger partial charge in [0.2, 0.25) is 0 Å². The van der Waals surface area contributed by atoms with E-state index in [1.165, 1.54) is 0 Å². The highest BCUT2D eigenvalue weighted by Gasteiger charge is 2.41. The van der Waals surface area contributed by atoms with Crippen LogP contribution in [0, 0.1) is 29.6 Å². The van der Waals surface area contributed by atoms with Crippen molar-refractivity contribution in [2.24, 2.45) is 29.6 Å². The highest BCUT2D eigenvalue weighted by Crippen LogP contribution is 2.35. The molecule has 0 unspecified atom stereocenters. The fourth-order valence-electron chi connectivity index (χ4n) is 2.77. The van der Waals surface area contributed by atoms with E-state index in [2.05, 4.69) is 6.08 Å². The number of allylic oxidation sites excluding steroid dienone is 2. The zero-order valence-corrected chi connectivity index (χ0v) is 14.7. The van der Waals surface area contributed by atoms with E-state index in [9.17, 15) is 9.59 Å². The molecule has 0 heterocycles. The fraction of sp³-hybridized carbons (Fsp3) is 0.778. The molecule has 0 N–H and O–H groups in total. The molecule has 0 aromatic heterocycles. The molecule has 0 aliphatic heterocycles. The summed E-state index contributed by atoms with van der Waals surface area (Å²) in [5.74, 6) is -0.874. The Kier molecular flexibility index (Phi) is 7.11. The average molecular weight is 310 g/mol. The summed E-state index contributed by atoms with van der Waals surface area (Å²) < 4.78 is 10.8. The first-order valence-corrected chi connectivity index (χ1v) is 8.22. The topological polar surface area (TPSA) is 52.6 Å². The highest BCUT2D eigenvalue weighted by molar-refractivity contribution is 5.83. The van der Waals surface area contributed by atoms with Gasteiger partial charge in [0.05, 0.1) is 25.0 Å². The van der Waals surface area contributed by atoms with Crippen molar-refractivity contribution in [1.82, 2.24) is 0 Å². The molecule has 0 aromatic carbocycles. The molecular formula is C18H30O4. The Bertz CT molecular complexity index is 423. The molecule has 0 saturated carbocycles. The maximum absolute atomic E-state index is 12.4. The second-order valence-electron chi connectivity index (χ2n) is 7.26. The van der Waals surface area contributed by atoms with Crippen molar-refractivity contribution in [1.29, 1.82) is 0 Å². The van der Waals surface area contributed by atoms with Crippen LogP contribution in [0.3, 0.4) is 0 Å². The maximum atomic E-state index is 12.4. The van der Waals surface area contributed by atoms with E-state index in [1.807, 2.05) is 41.5 Å². The van der Waals surface area contributed by atoms with Gasteiger partial charge in [0.1, 0.15) is 0 Å². The minimum atomic E-state index is -0.442. The van der Waals surface area contributed by atoms with Gasteiger partial charge in [-0.15, -0.1) is 0 Å². The molecule has 1 aliphatic carbocycles. The van der Waals surface area contributed by atoms with Crippen LogP contribution >= 0.6 is 0 Å². The first-order valence-electron chi connectivity index (χ1n) is 8.22. The van der Waals surface area contributed by atoms with Crippen LogP contribution in [-0.2, 0) is 19.1 Å². The molecule has 22 heavy (non-hydrogen) atoms. The van der Waals surface area contributed by atoms with Gasteiger partial charge in [0.15, 0.2) is 0 Å². The molecule has 0 bridgehead atoms. The number of ether oxygens (including phenoxy) is 2. The molecule has 0 fully saturated rings. The molecule has 1 rings (SSSR count). The quantitative estimate of drug-likeness (QED) is 0.555. The number of hydrogen-bond acceptors (Lipinski definition) is 4. The Morgan fingerprint density at radius 1 is 1.09 bits per heavy atom. The summed E-state index contributed by atoms with van der Waals surface area (Å²) in [6.07, 6.45) is 2.64. The van der Waals surface area contributed by atoms with Crippen LogP contribution in [0.2, 0.25) is 0 Å². The number of carbonyl (C=O) groups excluding carboxylic acids is 2. The Balaban J connectivity index is 2.83. The van der Waals surface area contributed by atoms with Crippen molar-refractivity contribution < 1.29 is 19.1 Å². The van der Waals surface area contributed by atoms with Gasteiger partial charge in [-0.2, -0.15) is 0 Å². The third-order valence-corrected chi connectivity index (χ3v) is 3.78. The van der Waals surface area contributed by atoms with E-state index >= 15 is 0 Å². The minimum Gasteiger partial charge on any atom is -0.465 e. The molecule has 4 heteroatoms. The van der Waals surface area contributed by atoms with E-state index in [4.69, 9.17) is 9.47 Å². The van der Waals surface area contributed by atoms with E-state index in [0.717, 1.165) is 5.57 Å². The van der Waals surface area contributed by atoms with E-state index in [0.29, 0.717) is 19.6 Å². The third kappa shape index (κ3) is 5.47. The Hall–Kier alpha value is -1.32. The van der Waals surface area contributed by atoms with Crippen LogP contribution < -0.4 is 0 Å². The molecule has 0 aromatic rings. The molecule has 0 amide bonds. The van der Waals surface area contributed by atoms with Crippen molar-refractivity contribution in [2.75, 3.05) is 13.2 Å². The SMILES string of the molecule is CC1=C[C@@H](C)[C@@H](C(=O)OCC(C)C)[C@@H](C(=O)OCC(C)C)C1. The van der Waals surface area contributed by atoms with Crippen LogP contribution in [0.5, 0.6) is 0 Å². The van der Waals surface area contributed by atoms with Gasteiger partial charge in [-0.1, -0.05) is 46.3 Å². The highest BCUT2D eigenvalue weighted by atomic mass is 16.5. The number of carbonyl (C=O) groups is 2. The molecular weight excluding hydrogens is 280 g/mol. The Labute approximate surface area is 134 Å². The summed E-state index contributed by atoms with van der Waals surface area (Å²) in [5.41, 5.74) is 1.13. The van der Waals surface area contributed by atoms with Gasteiger partial charge in [0.25, 0.3) is 0 Å². The summed E-state index contributed by atoms with van der Waals surface area (Å²) >= 11 is 0. The van der Waals surface area contributed by atoms with Crippen LogP contribution in [0.15, 0.2) is 11.6 Å². The molecule has 4 nitrogen and oxygen atoms in total. The third-order valence-electron chi connectivity index (χ3n) is 3.78. The summed E-state index contributed by atoms with van der Waals surface area (Å²) in [6, 6.07) is 0. The predicted molar refractivity (Wildman–Crippen MR) is 86.1 cm³/mol. The van der Waals surface area contributed by atoms with Gasteiger partial charge in [-0.05, 0) is 31.1 Å². The van der Waals surface area contributed by atoms with Crippen molar-refractivity contribution in [3.8, 4) is 0 Å². The van der Waals surface area contributed by atoms with Crippen LogP contribution in [0.25, 0.3) is 0 Å². The molecule has 0 spiro atoms. The molecule has 0 radical (unpaired) electrons. The predicted octanol–water partition coefficient (Wildman–Crippen LogP) is 3.60. The van der Waals surface area contributed by atoms with Gasteiger partial charge in [-0.25, -0.2) is 0 Å². The lowest BCUT2D eigenvalue weighted by atomic mass is 9.74. The van der Waals surface area contributed by atoms with Crippen molar-refractivity contribution in [2.45, 2.75) is 48.0 Å². The average Bonchev–Trinajstić information content (AvgIpc) is 2.41. The summed E-state index contributed by atoms with van der Waals surface area (Å²) in [7, 11) is 0. The Morgan fingerprint density at radius 3 is 2.09 bits per heavy atom. The molecule has 3 atom stereocenters. The van der Waals surface area contributed by atoms with Crippen molar-refractivity contribution in [3.63, 3.8) is 0 Å². The maximum Gasteiger partial charge on any atom is 0.310 e. The normalized spacial score (nSPS) is 25.1. The van der Waals surface area contributed by atoms with E-state index in [1.54, 1.807) is 0 Å². The lowest BCUT2D eigenvalue weighted by molar-refractivity contribution is -0.164. The van der Waals surface area contributed by atoms with Crippen LogP contribution in [0.1, 0.15) is 48.0 Å². The standard InChI is InChI=1S/C18H30O4/c1-11(2)9-21-17(19)15-8-13(5)7-14(6)16(15)18(20)22-10-12(3)4/h7,11-12,14-16H,8-10H2,1-6H3/t14-,15+,16-/m1/s1. The minimum absolute atomic E-state index is 0.00925. The number of esters is 2. The molecule has 0 saturated heterocycles. The largest absolute Gasteiger partial charge is 0.465 e. The zero-order valence-electron chi connectivity index (χ0n) is 14.7. The van der Waals surface area contributed by atoms with E-state index < -0.39 is 11.8 Å². The number of hydrogen-bond donors (Lipinski definition) is 0. The van der Waals surface area contributed by atoms with Crippen LogP contribution in [0.4, 0.5) is 0 Å². The lowest BCUT2D eigenvalue weighted by Gasteiger charge is -2.32. The summed E-state index contributed by atoms with van der Waals surface area (Å²) in [4.78, 5) is 24.8. The molecule has 1 aliphatic rings. The summed E-state index contributed by atoms with van der Waals surface area (Å²) in [6.45, 7) is 12.7. The Morgan fingerprint density at radius 2 is 1.59 bits per heavy atom. The lowest BCUT2D eigenvalue weighted by Crippen LogP contribution is -2.39. The summed E-state index contributed by atoms with van der Waals surface area (Å²) in [5, 5.41) is 0.